The van der Waals surface area contributed by atoms with Crippen molar-refractivity contribution in [2.45, 2.75) is 79.2 Å². The van der Waals surface area contributed by atoms with Gasteiger partial charge >= 0.3 is 0 Å². The smallest absolute Gasteiger partial charge is 0.259 e. The molecule has 13 nitrogen and oxygen atoms in total. The van der Waals surface area contributed by atoms with Gasteiger partial charge in [0.25, 0.3) is 11.5 Å². The van der Waals surface area contributed by atoms with Crippen molar-refractivity contribution in [2.75, 3.05) is 57.4 Å². The number of piperazine rings is 1. The Morgan fingerprint density at radius 2 is 1.62 bits per heavy atom. The number of carbonyl (C=O) groups excluding carboxylic acids is 3. The molecular weight excluding hydrogens is 737 g/mol. The molecule has 3 amide bonds. The number of amides is 3. The molecule has 4 heterocycles. The zero-order chi connectivity index (χ0) is 41.2. The Labute approximate surface area is 340 Å². The average molecular weight is 793 g/mol. The fraction of sp³-hybridized carbons (Fsp3) is 0.489. The Hall–Kier alpha value is -5.11. The monoisotopic (exact) mass is 792 g/mol. The number of fused-ring (bicyclic) bond motifs is 1. The molecule has 2 aromatic heterocycles. The summed E-state index contributed by atoms with van der Waals surface area (Å²) in [5, 5.41) is 6.93. The zero-order valence-electron chi connectivity index (χ0n) is 34.5. The van der Waals surface area contributed by atoms with E-state index in [0.717, 1.165) is 49.7 Å². The number of aryl methyl sites for hydroxylation is 2. The number of ether oxygens (including phenoxy) is 3. The van der Waals surface area contributed by atoms with Crippen molar-refractivity contribution in [1.29, 1.82) is 0 Å². The van der Waals surface area contributed by atoms with Crippen molar-refractivity contribution in [1.82, 2.24) is 25.1 Å². The molecule has 3 aliphatic rings. The number of carbonyl (C=O) groups is 3. The lowest BCUT2D eigenvalue weighted by Gasteiger charge is -2.63. The first kappa shape index (κ1) is 41.1. The molecule has 308 valence electrons. The molecule has 1 unspecified atom stereocenters. The summed E-state index contributed by atoms with van der Waals surface area (Å²) < 4.78 is 19.8. The SMILES string of the molecule is Cc1ccc(OC2C(C)(C)C(NC(=O)c3ccc(N4CCN(CCOCCOCc5cc6ccccc6c(=O)n5C5CCC(=O)NC5=O)CC4)nc3)C2(C)C)cc1C. The molecule has 1 saturated carbocycles. The van der Waals surface area contributed by atoms with Gasteiger partial charge in [0, 0.05) is 73.3 Å². The van der Waals surface area contributed by atoms with Crippen molar-refractivity contribution in [3.05, 3.63) is 99.6 Å². The van der Waals surface area contributed by atoms with E-state index in [4.69, 9.17) is 14.2 Å². The zero-order valence-corrected chi connectivity index (χ0v) is 34.5. The summed E-state index contributed by atoms with van der Waals surface area (Å²) in [6.07, 6.45) is 2.05. The molecule has 2 saturated heterocycles. The van der Waals surface area contributed by atoms with E-state index >= 15 is 0 Å². The van der Waals surface area contributed by atoms with Gasteiger partial charge in [-0.2, -0.15) is 0 Å². The van der Waals surface area contributed by atoms with Crippen LogP contribution in [0, 0.1) is 24.7 Å². The molecular formula is C45H56N6O7. The first-order valence-corrected chi connectivity index (χ1v) is 20.3. The lowest BCUT2D eigenvalue weighted by molar-refractivity contribution is -0.164. The predicted octanol–water partition coefficient (Wildman–Crippen LogP) is 4.96. The minimum Gasteiger partial charge on any atom is -0.489 e. The van der Waals surface area contributed by atoms with Gasteiger partial charge in [0.15, 0.2) is 0 Å². The van der Waals surface area contributed by atoms with Gasteiger partial charge in [0.2, 0.25) is 11.8 Å². The first-order chi connectivity index (χ1) is 27.7. The molecule has 3 fully saturated rings. The molecule has 0 bridgehead atoms. The number of hydrogen-bond donors (Lipinski definition) is 2. The normalized spacial score (nSPS) is 21.7. The van der Waals surface area contributed by atoms with E-state index < -0.39 is 11.9 Å². The highest BCUT2D eigenvalue weighted by molar-refractivity contribution is 5.99. The van der Waals surface area contributed by atoms with Crippen LogP contribution in [0.25, 0.3) is 10.8 Å². The maximum absolute atomic E-state index is 13.5. The number of nitrogens with one attached hydrogen (secondary N) is 2. The summed E-state index contributed by atoms with van der Waals surface area (Å²) in [5.41, 5.74) is 2.74. The van der Waals surface area contributed by atoms with Crippen molar-refractivity contribution in [3.63, 3.8) is 0 Å². The largest absolute Gasteiger partial charge is 0.489 e. The quantitative estimate of drug-likeness (QED) is 0.133. The third-order valence-corrected chi connectivity index (χ3v) is 12.3. The van der Waals surface area contributed by atoms with E-state index in [9.17, 15) is 19.2 Å². The fourth-order valence-electron chi connectivity index (χ4n) is 9.14. The third kappa shape index (κ3) is 8.53. The maximum atomic E-state index is 13.5. The van der Waals surface area contributed by atoms with E-state index in [2.05, 4.69) is 79.1 Å². The van der Waals surface area contributed by atoms with Crippen LogP contribution in [0.5, 0.6) is 5.75 Å². The summed E-state index contributed by atoms with van der Waals surface area (Å²) in [6.45, 7) is 18.3. The number of nitrogens with zero attached hydrogens (tertiary/aromatic N) is 4. The first-order valence-electron chi connectivity index (χ1n) is 20.3. The Morgan fingerprint density at radius 3 is 2.33 bits per heavy atom. The Balaban J connectivity index is 0.826. The van der Waals surface area contributed by atoms with E-state index in [0.29, 0.717) is 36.5 Å². The van der Waals surface area contributed by atoms with Crippen LogP contribution < -0.4 is 25.8 Å². The van der Waals surface area contributed by atoms with Gasteiger partial charge in [0.05, 0.1) is 32.0 Å². The van der Waals surface area contributed by atoms with Gasteiger partial charge in [-0.3, -0.25) is 34.0 Å². The Morgan fingerprint density at radius 1 is 0.879 bits per heavy atom. The van der Waals surface area contributed by atoms with E-state index in [1.165, 1.54) is 15.7 Å². The number of benzene rings is 2. The topological polar surface area (TPSA) is 144 Å². The van der Waals surface area contributed by atoms with Gasteiger partial charge in [-0.05, 0) is 73.2 Å². The average Bonchev–Trinajstić information content (AvgIpc) is 3.20. The van der Waals surface area contributed by atoms with Crippen molar-refractivity contribution >= 4 is 34.3 Å². The minimum absolute atomic E-state index is 0.0585. The summed E-state index contributed by atoms with van der Waals surface area (Å²) in [6, 6.07) is 18.3. The second-order valence-corrected chi connectivity index (χ2v) is 17.1. The molecule has 0 radical (unpaired) electrons. The van der Waals surface area contributed by atoms with Crippen LogP contribution in [0.3, 0.4) is 0 Å². The maximum Gasteiger partial charge on any atom is 0.259 e. The van der Waals surface area contributed by atoms with Crippen LogP contribution >= 0.6 is 0 Å². The van der Waals surface area contributed by atoms with Crippen molar-refractivity contribution in [2.24, 2.45) is 10.8 Å². The van der Waals surface area contributed by atoms with E-state index in [1.807, 2.05) is 36.4 Å². The van der Waals surface area contributed by atoms with Gasteiger partial charge in [-0.1, -0.05) is 52.0 Å². The van der Waals surface area contributed by atoms with Gasteiger partial charge < -0.3 is 24.4 Å². The number of pyridine rings is 2. The van der Waals surface area contributed by atoms with Crippen LogP contribution in [-0.4, -0.2) is 96.9 Å². The summed E-state index contributed by atoms with van der Waals surface area (Å²) >= 11 is 0. The van der Waals surface area contributed by atoms with E-state index in [1.54, 1.807) is 18.3 Å². The molecule has 0 spiro atoms. The van der Waals surface area contributed by atoms with Crippen LogP contribution in [0.1, 0.15) is 73.8 Å². The lowest BCUT2D eigenvalue weighted by atomic mass is 9.49. The van der Waals surface area contributed by atoms with Gasteiger partial charge in [0.1, 0.15) is 23.7 Å². The molecule has 58 heavy (non-hydrogen) atoms. The fourth-order valence-corrected chi connectivity index (χ4v) is 9.14. The molecule has 1 atom stereocenters. The predicted molar refractivity (Wildman–Crippen MR) is 222 cm³/mol. The second kappa shape index (κ2) is 17.0. The molecule has 2 aromatic carbocycles. The molecule has 2 aliphatic heterocycles. The number of piperidine rings is 1. The Kier molecular flexibility index (Phi) is 12.0. The summed E-state index contributed by atoms with van der Waals surface area (Å²) in [7, 11) is 0. The number of imide groups is 1. The number of anilines is 1. The number of aromatic nitrogens is 2. The van der Waals surface area contributed by atoms with Crippen LogP contribution in [0.2, 0.25) is 0 Å². The second-order valence-electron chi connectivity index (χ2n) is 17.1. The van der Waals surface area contributed by atoms with Crippen molar-refractivity contribution in [3.8, 4) is 5.75 Å². The van der Waals surface area contributed by atoms with Crippen molar-refractivity contribution < 1.29 is 28.6 Å². The molecule has 4 aromatic rings. The highest BCUT2D eigenvalue weighted by atomic mass is 16.5. The van der Waals surface area contributed by atoms with Gasteiger partial charge in [-0.15, -0.1) is 0 Å². The van der Waals surface area contributed by atoms with E-state index in [-0.39, 0.29) is 59.8 Å². The number of rotatable bonds is 14. The Bertz CT molecular complexity index is 2190. The van der Waals surface area contributed by atoms with Gasteiger partial charge in [-0.25, -0.2) is 4.98 Å². The van der Waals surface area contributed by atoms with Crippen LogP contribution in [-0.2, 0) is 25.7 Å². The highest BCUT2D eigenvalue weighted by Gasteiger charge is 2.64. The number of hydrogen-bond acceptors (Lipinski definition) is 10. The molecule has 7 rings (SSSR count). The van der Waals surface area contributed by atoms with Crippen LogP contribution in [0.4, 0.5) is 5.82 Å². The minimum atomic E-state index is -0.770. The molecule has 2 N–H and O–H groups in total. The highest BCUT2D eigenvalue weighted by Crippen LogP contribution is 2.55. The molecule has 13 heteroatoms. The lowest BCUT2D eigenvalue weighted by Crippen LogP contribution is -2.74. The molecule has 1 aliphatic carbocycles. The standard InChI is InChI=1S/C45H56N6O7/c1-29-11-13-34(25-30(29)2)58-43-44(3,4)42(45(43,5)6)48-39(53)32-12-15-37(46-27-32)50-19-17-49(18-20-50)21-22-56-23-24-57-28-33-26-31-9-7-8-10-35(31)41(55)51(33)36-14-16-38(52)47-40(36)54/h7-13,15,25-27,36,42-43H,14,16-24,28H2,1-6H3,(H,48,53)(H,47,52,54). The third-order valence-electron chi connectivity index (χ3n) is 12.3. The van der Waals surface area contributed by atoms with Crippen LogP contribution in [0.15, 0.2) is 71.7 Å². The summed E-state index contributed by atoms with van der Waals surface area (Å²) in [4.78, 5) is 60.6. The summed E-state index contributed by atoms with van der Waals surface area (Å²) in [5.74, 6) is 0.773.